The Morgan fingerprint density at radius 3 is 2.53 bits per heavy atom. The van der Waals surface area contributed by atoms with Gasteiger partial charge in [0.2, 0.25) is 0 Å². The number of rotatable bonds is 4. The Labute approximate surface area is 102 Å². The number of carbonyl (C=O) groups excluding carboxylic acids is 1. The molecule has 1 heterocycles. The van der Waals surface area contributed by atoms with Crippen LogP contribution in [0.1, 0.15) is 21.9 Å². The number of aromatic carboxylic acids is 1. The maximum Gasteiger partial charge on any atom is 0.340 e. The zero-order valence-corrected chi connectivity index (χ0v) is 10.5. The van der Waals surface area contributed by atoms with Crippen molar-refractivity contribution in [3.63, 3.8) is 0 Å². The van der Waals surface area contributed by atoms with Gasteiger partial charge < -0.3 is 9.84 Å². The number of carbonyl (C=O) groups is 2. The van der Waals surface area contributed by atoms with Crippen molar-refractivity contribution in [2.75, 3.05) is 12.9 Å². The van der Waals surface area contributed by atoms with Gasteiger partial charge >= 0.3 is 11.9 Å². The van der Waals surface area contributed by atoms with Crippen molar-refractivity contribution in [2.24, 2.45) is 0 Å². The van der Waals surface area contributed by atoms with Crippen LogP contribution in [0.15, 0.2) is 5.03 Å². The third-order valence-corrected chi connectivity index (χ3v) is 2.89. The van der Waals surface area contributed by atoms with Crippen LogP contribution >= 0.6 is 11.8 Å². The first kappa shape index (κ1) is 13.4. The van der Waals surface area contributed by atoms with Crippen LogP contribution in [-0.2, 0) is 9.53 Å². The first-order valence-electron chi connectivity index (χ1n) is 4.74. The van der Waals surface area contributed by atoms with Gasteiger partial charge in [0, 0.05) is 0 Å². The van der Waals surface area contributed by atoms with Gasteiger partial charge in [0.25, 0.3) is 0 Å². The first-order valence-corrected chi connectivity index (χ1v) is 5.72. The molecule has 0 bridgehead atoms. The predicted molar refractivity (Wildman–Crippen MR) is 61.2 cm³/mol. The fourth-order valence-electron chi connectivity index (χ4n) is 1.22. The summed E-state index contributed by atoms with van der Waals surface area (Å²) in [6.45, 7) is 3.27. The second-order valence-electron chi connectivity index (χ2n) is 3.21. The largest absolute Gasteiger partial charge is 0.478 e. The Hall–Kier alpha value is -1.63. The zero-order chi connectivity index (χ0) is 13.0. The molecule has 17 heavy (non-hydrogen) atoms. The average molecular weight is 256 g/mol. The number of ether oxygens (including phenoxy) is 1. The number of hydrogen-bond donors (Lipinski definition) is 1. The highest BCUT2D eigenvalue weighted by Gasteiger charge is 2.18. The predicted octanol–water partition coefficient (Wildman–Crippen LogP) is 1.06. The van der Waals surface area contributed by atoms with Crippen LogP contribution in [0, 0.1) is 13.8 Å². The van der Waals surface area contributed by atoms with Crippen LogP contribution in [0.5, 0.6) is 0 Å². The highest BCUT2D eigenvalue weighted by molar-refractivity contribution is 8.00. The normalized spacial score (nSPS) is 10.1. The van der Waals surface area contributed by atoms with E-state index in [0.717, 1.165) is 11.8 Å². The van der Waals surface area contributed by atoms with Crippen molar-refractivity contribution in [3.05, 3.63) is 17.1 Å². The standard InChI is InChI=1S/C10H12N2O4S/c1-5-8(10(14)15)9(12-6(2)11-5)17-4-7(13)16-3/h4H2,1-3H3,(H,14,15). The van der Waals surface area contributed by atoms with E-state index in [9.17, 15) is 9.59 Å². The quantitative estimate of drug-likeness (QED) is 0.489. The highest BCUT2D eigenvalue weighted by Crippen LogP contribution is 2.22. The van der Waals surface area contributed by atoms with E-state index < -0.39 is 11.9 Å². The van der Waals surface area contributed by atoms with Crippen LogP contribution < -0.4 is 0 Å². The smallest absolute Gasteiger partial charge is 0.340 e. The number of esters is 1. The number of aryl methyl sites for hydroxylation is 2. The third-order valence-electron chi connectivity index (χ3n) is 1.94. The molecule has 0 fully saturated rings. The fraction of sp³-hybridized carbons (Fsp3) is 0.400. The molecular weight excluding hydrogens is 244 g/mol. The van der Waals surface area contributed by atoms with E-state index in [1.165, 1.54) is 7.11 Å². The second-order valence-corrected chi connectivity index (χ2v) is 4.17. The molecular formula is C10H12N2O4S. The van der Waals surface area contributed by atoms with Gasteiger partial charge in [0.05, 0.1) is 18.6 Å². The average Bonchev–Trinajstić information content (AvgIpc) is 2.24. The lowest BCUT2D eigenvalue weighted by Gasteiger charge is -2.07. The number of nitrogens with zero attached hydrogens (tertiary/aromatic N) is 2. The molecule has 0 amide bonds. The molecule has 1 aromatic heterocycles. The van der Waals surface area contributed by atoms with Crippen LogP contribution in [0.3, 0.4) is 0 Å². The summed E-state index contributed by atoms with van der Waals surface area (Å²) < 4.78 is 4.48. The second kappa shape index (κ2) is 5.62. The number of carboxylic acids is 1. The van der Waals surface area contributed by atoms with Gasteiger partial charge in [-0.3, -0.25) is 4.79 Å². The van der Waals surface area contributed by atoms with E-state index in [2.05, 4.69) is 14.7 Å². The van der Waals surface area contributed by atoms with Gasteiger partial charge in [0.1, 0.15) is 16.4 Å². The number of carboxylic acid groups (broad SMARTS) is 1. The monoisotopic (exact) mass is 256 g/mol. The summed E-state index contributed by atoms with van der Waals surface area (Å²) in [4.78, 5) is 30.1. The van der Waals surface area contributed by atoms with Crippen LogP contribution in [0.2, 0.25) is 0 Å². The third kappa shape index (κ3) is 3.42. The van der Waals surface area contributed by atoms with E-state index in [-0.39, 0.29) is 16.3 Å². The Morgan fingerprint density at radius 2 is 2.00 bits per heavy atom. The lowest BCUT2D eigenvalue weighted by atomic mass is 10.2. The summed E-state index contributed by atoms with van der Waals surface area (Å²) >= 11 is 1.03. The molecule has 0 aliphatic rings. The molecule has 1 N–H and O–H groups in total. The van der Waals surface area contributed by atoms with Crippen molar-refractivity contribution < 1.29 is 19.4 Å². The molecule has 1 aromatic rings. The number of thioether (sulfide) groups is 1. The summed E-state index contributed by atoms with van der Waals surface area (Å²) in [5, 5.41) is 9.34. The Morgan fingerprint density at radius 1 is 1.35 bits per heavy atom. The van der Waals surface area contributed by atoms with Crippen molar-refractivity contribution in [1.29, 1.82) is 0 Å². The molecule has 0 radical (unpaired) electrons. The molecule has 6 nitrogen and oxygen atoms in total. The molecule has 0 aromatic carbocycles. The number of hydrogen-bond acceptors (Lipinski definition) is 6. The Balaban J connectivity index is 3.04. The minimum absolute atomic E-state index is 0.0205. The molecule has 0 saturated heterocycles. The van der Waals surface area contributed by atoms with Crippen molar-refractivity contribution in [3.8, 4) is 0 Å². The molecule has 7 heteroatoms. The van der Waals surface area contributed by atoms with Gasteiger partial charge in [-0.25, -0.2) is 14.8 Å². The summed E-state index contributed by atoms with van der Waals surface area (Å²) in [6.07, 6.45) is 0. The van der Waals surface area contributed by atoms with Gasteiger partial charge in [-0.1, -0.05) is 11.8 Å². The summed E-state index contributed by atoms with van der Waals surface area (Å²) in [7, 11) is 1.28. The van der Waals surface area contributed by atoms with Crippen molar-refractivity contribution >= 4 is 23.7 Å². The summed E-state index contributed by atoms with van der Waals surface area (Å²) in [5.74, 6) is -1.04. The highest BCUT2D eigenvalue weighted by atomic mass is 32.2. The lowest BCUT2D eigenvalue weighted by molar-refractivity contribution is -0.137. The molecule has 0 aliphatic heterocycles. The number of aromatic nitrogens is 2. The van der Waals surface area contributed by atoms with Gasteiger partial charge in [-0.2, -0.15) is 0 Å². The van der Waals surface area contributed by atoms with Crippen molar-refractivity contribution in [2.45, 2.75) is 18.9 Å². The minimum Gasteiger partial charge on any atom is -0.478 e. The summed E-state index contributed by atoms with van der Waals surface area (Å²) in [5.41, 5.74) is 0.418. The molecule has 0 unspecified atom stereocenters. The number of methoxy groups -OCH3 is 1. The van der Waals surface area contributed by atoms with E-state index in [4.69, 9.17) is 5.11 Å². The van der Waals surface area contributed by atoms with Crippen LogP contribution in [0.4, 0.5) is 0 Å². The molecule has 0 aliphatic carbocycles. The zero-order valence-electron chi connectivity index (χ0n) is 9.68. The fourth-order valence-corrected chi connectivity index (χ4v) is 2.17. The Bertz CT molecular complexity index is 462. The molecule has 0 saturated carbocycles. The minimum atomic E-state index is -1.10. The van der Waals surface area contributed by atoms with E-state index in [0.29, 0.717) is 11.5 Å². The molecule has 0 spiro atoms. The Kier molecular flexibility index (Phi) is 4.45. The molecule has 1 rings (SSSR count). The van der Waals surface area contributed by atoms with Crippen LogP contribution in [0.25, 0.3) is 0 Å². The maximum atomic E-state index is 11.1. The lowest BCUT2D eigenvalue weighted by Crippen LogP contribution is -2.10. The SMILES string of the molecule is COC(=O)CSc1nc(C)nc(C)c1C(=O)O. The van der Waals surface area contributed by atoms with E-state index >= 15 is 0 Å². The van der Waals surface area contributed by atoms with Gasteiger partial charge in [-0.05, 0) is 13.8 Å². The van der Waals surface area contributed by atoms with Gasteiger partial charge in [0.15, 0.2) is 0 Å². The van der Waals surface area contributed by atoms with Gasteiger partial charge in [-0.15, -0.1) is 0 Å². The van der Waals surface area contributed by atoms with Crippen molar-refractivity contribution in [1.82, 2.24) is 9.97 Å². The molecule has 0 atom stereocenters. The maximum absolute atomic E-state index is 11.1. The summed E-state index contributed by atoms with van der Waals surface area (Å²) in [6, 6.07) is 0. The molecule has 92 valence electrons. The van der Waals surface area contributed by atoms with Crippen LogP contribution in [-0.4, -0.2) is 39.9 Å². The van der Waals surface area contributed by atoms with E-state index in [1.54, 1.807) is 13.8 Å². The topological polar surface area (TPSA) is 89.4 Å². The van der Waals surface area contributed by atoms with E-state index in [1.807, 2.05) is 0 Å². The first-order chi connectivity index (χ1) is 7.95.